The lowest BCUT2D eigenvalue weighted by atomic mass is 9.96. The summed E-state index contributed by atoms with van der Waals surface area (Å²) in [4.78, 5) is 14.4. The fourth-order valence-electron chi connectivity index (χ4n) is 4.72. The predicted octanol–water partition coefficient (Wildman–Crippen LogP) is 6.36. The SMILES string of the molecule is C=C/C=C(/c1cc(F)cc(NCCN(C)C)c1)c1cc(-c2[nH]nc3ncc(-c4cnccc4C)cc23)[nH]c1C. The summed E-state index contributed by atoms with van der Waals surface area (Å²) in [5.74, 6) is -0.299. The molecule has 0 aliphatic heterocycles. The molecule has 0 aliphatic carbocycles. The van der Waals surface area contributed by atoms with E-state index in [2.05, 4.69) is 61.0 Å². The number of aromatic amines is 2. The van der Waals surface area contributed by atoms with E-state index in [9.17, 15) is 4.39 Å². The summed E-state index contributed by atoms with van der Waals surface area (Å²) in [5.41, 5.74) is 9.71. The molecule has 198 valence electrons. The number of anilines is 1. The number of likely N-dealkylation sites (N-methyl/N-ethyl adjacent to an activating group) is 1. The van der Waals surface area contributed by atoms with Crippen LogP contribution in [0.2, 0.25) is 0 Å². The predicted molar refractivity (Wildman–Crippen MR) is 157 cm³/mol. The van der Waals surface area contributed by atoms with E-state index in [1.807, 2.05) is 51.6 Å². The molecule has 7 nitrogen and oxygen atoms in total. The molecule has 0 saturated carbocycles. The molecular weight excluding hydrogens is 489 g/mol. The maximum absolute atomic E-state index is 14.7. The third-order valence-corrected chi connectivity index (χ3v) is 6.72. The number of benzene rings is 1. The van der Waals surface area contributed by atoms with Crippen molar-refractivity contribution in [1.82, 2.24) is 30.0 Å². The summed E-state index contributed by atoms with van der Waals surface area (Å²) in [6.07, 6.45) is 9.09. The number of nitrogens with zero attached hydrogens (tertiary/aromatic N) is 4. The van der Waals surface area contributed by atoms with E-state index in [0.29, 0.717) is 12.2 Å². The third-order valence-electron chi connectivity index (χ3n) is 6.72. The molecule has 1 aromatic carbocycles. The molecule has 5 rings (SSSR count). The van der Waals surface area contributed by atoms with Crippen LogP contribution >= 0.6 is 0 Å². The van der Waals surface area contributed by atoms with Crippen LogP contribution in [0.3, 0.4) is 0 Å². The van der Waals surface area contributed by atoms with Crippen LogP contribution < -0.4 is 5.32 Å². The van der Waals surface area contributed by atoms with Crippen LogP contribution in [0.4, 0.5) is 10.1 Å². The Morgan fingerprint density at radius 3 is 2.74 bits per heavy atom. The van der Waals surface area contributed by atoms with Crippen LogP contribution in [-0.2, 0) is 0 Å². The Bertz CT molecular complexity index is 1680. The molecule has 4 heterocycles. The molecule has 3 N–H and O–H groups in total. The maximum atomic E-state index is 14.7. The minimum Gasteiger partial charge on any atom is -0.384 e. The smallest absolute Gasteiger partial charge is 0.181 e. The van der Waals surface area contributed by atoms with Gasteiger partial charge in [0.25, 0.3) is 0 Å². The topological polar surface area (TPSA) is 85.5 Å². The molecule has 5 aromatic rings. The zero-order valence-corrected chi connectivity index (χ0v) is 22.6. The molecule has 39 heavy (non-hydrogen) atoms. The van der Waals surface area contributed by atoms with Crippen LogP contribution in [0, 0.1) is 19.7 Å². The molecule has 0 radical (unpaired) electrons. The molecule has 0 fully saturated rings. The minimum atomic E-state index is -0.299. The molecule has 0 atom stereocenters. The van der Waals surface area contributed by atoms with Crippen LogP contribution in [-0.4, -0.2) is 57.2 Å². The lowest BCUT2D eigenvalue weighted by Crippen LogP contribution is -2.20. The first-order valence-corrected chi connectivity index (χ1v) is 12.8. The van der Waals surface area contributed by atoms with Crippen LogP contribution in [0.15, 0.2) is 73.7 Å². The van der Waals surface area contributed by atoms with Gasteiger partial charge in [0.2, 0.25) is 0 Å². The van der Waals surface area contributed by atoms with E-state index in [1.54, 1.807) is 18.3 Å². The Kier molecular flexibility index (Phi) is 7.38. The second kappa shape index (κ2) is 11.0. The van der Waals surface area contributed by atoms with Gasteiger partial charge < -0.3 is 15.2 Å². The second-order valence-corrected chi connectivity index (χ2v) is 9.88. The average Bonchev–Trinajstić information content (AvgIpc) is 3.49. The van der Waals surface area contributed by atoms with Gasteiger partial charge in [-0.3, -0.25) is 10.1 Å². The lowest BCUT2D eigenvalue weighted by molar-refractivity contribution is 0.425. The van der Waals surface area contributed by atoms with E-state index in [1.165, 1.54) is 6.07 Å². The molecular formula is C31H32FN7. The number of allylic oxidation sites excluding steroid dienone is 2. The van der Waals surface area contributed by atoms with Gasteiger partial charge in [-0.05, 0) is 81.0 Å². The summed E-state index contributed by atoms with van der Waals surface area (Å²) < 4.78 is 14.7. The largest absolute Gasteiger partial charge is 0.384 e. The highest BCUT2D eigenvalue weighted by Crippen LogP contribution is 2.35. The zero-order valence-electron chi connectivity index (χ0n) is 22.6. The van der Waals surface area contributed by atoms with Gasteiger partial charge in [0.1, 0.15) is 5.82 Å². The minimum absolute atomic E-state index is 0.299. The Labute approximate surface area is 227 Å². The third kappa shape index (κ3) is 5.51. The van der Waals surface area contributed by atoms with Crippen molar-refractivity contribution in [3.63, 3.8) is 0 Å². The fourth-order valence-corrected chi connectivity index (χ4v) is 4.72. The van der Waals surface area contributed by atoms with Crippen LogP contribution in [0.25, 0.3) is 39.1 Å². The molecule has 0 unspecified atom stereocenters. The monoisotopic (exact) mass is 521 g/mol. The Hall–Kier alpha value is -4.56. The van der Waals surface area contributed by atoms with Crippen LogP contribution in [0.5, 0.6) is 0 Å². The van der Waals surface area contributed by atoms with E-state index < -0.39 is 0 Å². The first kappa shape index (κ1) is 26.1. The number of aromatic nitrogens is 5. The van der Waals surface area contributed by atoms with Gasteiger partial charge in [-0.1, -0.05) is 18.7 Å². The van der Waals surface area contributed by atoms with Gasteiger partial charge in [0, 0.05) is 65.1 Å². The zero-order chi connectivity index (χ0) is 27.5. The fraction of sp³-hybridized carbons (Fsp3) is 0.194. The number of H-pyrrole nitrogens is 2. The van der Waals surface area contributed by atoms with Crippen molar-refractivity contribution in [1.29, 1.82) is 0 Å². The molecule has 4 aromatic heterocycles. The Balaban J connectivity index is 1.54. The van der Waals surface area contributed by atoms with Gasteiger partial charge in [0.05, 0.1) is 11.4 Å². The van der Waals surface area contributed by atoms with Crippen molar-refractivity contribution in [2.75, 3.05) is 32.5 Å². The van der Waals surface area contributed by atoms with E-state index in [0.717, 1.165) is 68.1 Å². The molecule has 8 heteroatoms. The highest BCUT2D eigenvalue weighted by atomic mass is 19.1. The molecule has 0 saturated heterocycles. The number of hydrogen-bond donors (Lipinski definition) is 3. The lowest BCUT2D eigenvalue weighted by Gasteiger charge is -2.14. The van der Waals surface area contributed by atoms with Gasteiger partial charge >= 0.3 is 0 Å². The number of nitrogens with one attached hydrogen (secondary N) is 3. The maximum Gasteiger partial charge on any atom is 0.181 e. The van der Waals surface area contributed by atoms with Crippen molar-refractivity contribution in [3.05, 3.63) is 102 Å². The summed E-state index contributed by atoms with van der Waals surface area (Å²) >= 11 is 0. The molecule has 0 amide bonds. The molecule has 0 spiro atoms. The first-order chi connectivity index (χ1) is 18.8. The number of halogens is 1. The van der Waals surface area contributed by atoms with Gasteiger partial charge in [-0.15, -0.1) is 0 Å². The second-order valence-electron chi connectivity index (χ2n) is 9.88. The summed E-state index contributed by atoms with van der Waals surface area (Å²) in [6, 6.07) is 11.2. The number of pyridine rings is 2. The van der Waals surface area contributed by atoms with Crippen molar-refractivity contribution in [3.8, 4) is 22.5 Å². The van der Waals surface area contributed by atoms with E-state index >= 15 is 0 Å². The van der Waals surface area contributed by atoms with Crippen molar-refractivity contribution >= 4 is 22.3 Å². The number of aryl methyl sites for hydroxylation is 2. The number of rotatable bonds is 9. The van der Waals surface area contributed by atoms with Gasteiger partial charge in [-0.2, -0.15) is 5.10 Å². The van der Waals surface area contributed by atoms with E-state index in [-0.39, 0.29) is 5.82 Å². The first-order valence-electron chi connectivity index (χ1n) is 12.8. The molecule has 0 aliphatic rings. The summed E-state index contributed by atoms with van der Waals surface area (Å²) in [5, 5.41) is 11.8. The Morgan fingerprint density at radius 2 is 1.97 bits per heavy atom. The number of hydrogen-bond acceptors (Lipinski definition) is 5. The molecule has 0 bridgehead atoms. The Morgan fingerprint density at radius 1 is 1.13 bits per heavy atom. The van der Waals surface area contributed by atoms with Crippen molar-refractivity contribution in [2.24, 2.45) is 0 Å². The van der Waals surface area contributed by atoms with Gasteiger partial charge in [-0.25, -0.2) is 9.37 Å². The average molecular weight is 522 g/mol. The van der Waals surface area contributed by atoms with Crippen molar-refractivity contribution in [2.45, 2.75) is 13.8 Å². The highest BCUT2D eigenvalue weighted by Gasteiger charge is 2.18. The normalized spacial score (nSPS) is 11.9. The van der Waals surface area contributed by atoms with Gasteiger partial charge in [0.15, 0.2) is 5.65 Å². The summed E-state index contributed by atoms with van der Waals surface area (Å²) in [7, 11) is 4.02. The van der Waals surface area contributed by atoms with Crippen molar-refractivity contribution < 1.29 is 4.39 Å². The standard InChI is InChI=1S/C31H32FN7/c1-6-7-25(21-12-23(32)15-24(13-21)34-10-11-39(4)5)26-16-29(36-20(26)3)30-27-14-22(17-35-31(27)38-37-30)28-18-33-9-8-19(28)2/h6-9,12-18,34,36H,1,10-11H2,2-5H3,(H,35,37,38)/b25-7-. The quantitative estimate of drug-likeness (QED) is 0.197. The van der Waals surface area contributed by atoms with E-state index in [4.69, 9.17) is 0 Å². The highest BCUT2D eigenvalue weighted by molar-refractivity contribution is 5.94. The number of fused-ring (bicyclic) bond motifs is 1. The summed E-state index contributed by atoms with van der Waals surface area (Å²) in [6.45, 7) is 9.53. The van der Waals surface area contributed by atoms with Crippen LogP contribution in [0.1, 0.15) is 22.4 Å².